The molecule has 0 bridgehead atoms. The Morgan fingerprint density at radius 1 is 1.31 bits per heavy atom. The highest BCUT2D eigenvalue weighted by atomic mass is 16.5. The molecule has 3 aliphatic heterocycles. The van der Waals surface area contributed by atoms with E-state index in [9.17, 15) is 4.79 Å². The van der Waals surface area contributed by atoms with Crippen molar-refractivity contribution in [3.05, 3.63) is 30.1 Å². The monoisotopic (exact) mass is 359 g/mol. The number of amides is 1. The number of likely N-dealkylation sites (N-methyl/N-ethyl adjacent to an activating group) is 1. The van der Waals surface area contributed by atoms with Gasteiger partial charge in [0.05, 0.1) is 18.3 Å². The van der Waals surface area contributed by atoms with Crippen molar-refractivity contribution in [1.82, 2.24) is 14.8 Å². The molecule has 0 unspecified atom stereocenters. The van der Waals surface area contributed by atoms with Crippen molar-refractivity contribution in [2.24, 2.45) is 5.92 Å². The van der Waals surface area contributed by atoms with Crippen LogP contribution in [0.15, 0.2) is 24.4 Å². The summed E-state index contributed by atoms with van der Waals surface area (Å²) in [6.07, 6.45) is 5.89. The van der Waals surface area contributed by atoms with E-state index in [1.54, 1.807) is 11.1 Å². The highest BCUT2D eigenvalue weighted by Gasteiger charge is 2.43. The Morgan fingerprint density at radius 2 is 2.15 bits per heavy atom. The van der Waals surface area contributed by atoms with Crippen LogP contribution in [-0.2, 0) is 20.8 Å². The van der Waals surface area contributed by atoms with E-state index in [1.165, 1.54) is 0 Å². The van der Waals surface area contributed by atoms with E-state index in [-0.39, 0.29) is 18.1 Å². The number of hydrogen-bond donors (Lipinski definition) is 0. The molecule has 3 saturated heterocycles. The fraction of sp³-hybridized carbons (Fsp3) is 0.700. The standard InChI is InChI=1S/C20H29N3O3/c1-22(13-16-4-2-3-8-21-16)20(24)18-12-15-5-9-23(14-19(15)26-18)17-6-10-25-11-7-17/h2-4,8,15,17-19H,5-7,9-14H2,1H3/t15-,18+,19-/m0/s1. The maximum atomic E-state index is 12.8. The fourth-order valence-electron chi connectivity index (χ4n) is 4.55. The van der Waals surface area contributed by atoms with Crippen molar-refractivity contribution in [3.8, 4) is 0 Å². The molecule has 6 nitrogen and oxygen atoms in total. The van der Waals surface area contributed by atoms with Gasteiger partial charge in [0.1, 0.15) is 6.10 Å². The summed E-state index contributed by atoms with van der Waals surface area (Å²) in [5.74, 6) is 0.603. The molecular formula is C20H29N3O3. The summed E-state index contributed by atoms with van der Waals surface area (Å²) in [4.78, 5) is 21.4. The third kappa shape index (κ3) is 3.92. The number of pyridine rings is 1. The maximum absolute atomic E-state index is 12.8. The first kappa shape index (κ1) is 17.9. The predicted molar refractivity (Wildman–Crippen MR) is 97.5 cm³/mol. The minimum atomic E-state index is -0.298. The minimum Gasteiger partial charge on any atom is -0.381 e. The third-order valence-corrected chi connectivity index (χ3v) is 6.07. The van der Waals surface area contributed by atoms with Crippen LogP contribution in [0.2, 0.25) is 0 Å². The fourth-order valence-corrected chi connectivity index (χ4v) is 4.55. The number of hydrogen-bond acceptors (Lipinski definition) is 5. The summed E-state index contributed by atoms with van der Waals surface area (Å²) in [5, 5.41) is 0. The molecular weight excluding hydrogens is 330 g/mol. The highest BCUT2D eigenvalue weighted by Crippen LogP contribution is 2.35. The summed E-state index contributed by atoms with van der Waals surface area (Å²) in [6.45, 7) is 4.36. The van der Waals surface area contributed by atoms with Gasteiger partial charge in [-0.25, -0.2) is 0 Å². The number of likely N-dealkylation sites (tertiary alicyclic amines) is 1. The van der Waals surface area contributed by atoms with Crippen LogP contribution >= 0.6 is 0 Å². The minimum absolute atomic E-state index is 0.0858. The number of piperidine rings is 1. The normalized spacial score (nSPS) is 30.1. The van der Waals surface area contributed by atoms with Gasteiger partial charge in [0.15, 0.2) is 0 Å². The number of carbonyl (C=O) groups excluding carboxylic acids is 1. The zero-order valence-corrected chi connectivity index (χ0v) is 15.5. The largest absolute Gasteiger partial charge is 0.381 e. The lowest BCUT2D eigenvalue weighted by molar-refractivity contribution is -0.143. The van der Waals surface area contributed by atoms with Gasteiger partial charge in [-0.3, -0.25) is 14.7 Å². The molecule has 1 amide bonds. The van der Waals surface area contributed by atoms with Crippen molar-refractivity contribution in [3.63, 3.8) is 0 Å². The molecule has 1 aromatic heterocycles. The van der Waals surface area contributed by atoms with Gasteiger partial charge < -0.3 is 14.4 Å². The summed E-state index contributed by atoms with van der Waals surface area (Å²) in [7, 11) is 1.84. The Labute approximate surface area is 155 Å². The SMILES string of the molecule is CN(Cc1ccccn1)C(=O)[C@H]1C[C@@H]2CCN(C3CCOCC3)C[C@@H]2O1. The lowest BCUT2D eigenvalue weighted by Gasteiger charge is -2.40. The van der Waals surface area contributed by atoms with Crippen molar-refractivity contribution in [2.45, 2.75) is 50.5 Å². The van der Waals surface area contributed by atoms with E-state index >= 15 is 0 Å². The molecule has 26 heavy (non-hydrogen) atoms. The van der Waals surface area contributed by atoms with Crippen LogP contribution in [0, 0.1) is 5.92 Å². The zero-order chi connectivity index (χ0) is 17.9. The van der Waals surface area contributed by atoms with Gasteiger partial charge in [-0.15, -0.1) is 0 Å². The van der Waals surface area contributed by atoms with Crippen LogP contribution in [0.5, 0.6) is 0 Å². The first-order valence-corrected chi connectivity index (χ1v) is 9.83. The van der Waals surface area contributed by atoms with E-state index in [4.69, 9.17) is 9.47 Å². The van der Waals surface area contributed by atoms with Crippen molar-refractivity contribution < 1.29 is 14.3 Å². The van der Waals surface area contributed by atoms with E-state index in [0.29, 0.717) is 18.5 Å². The molecule has 0 aliphatic carbocycles. The lowest BCUT2D eigenvalue weighted by atomic mass is 9.90. The number of aromatic nitrogens is 1. The molecule has 0 aromatic carbocycles. The van der Waals surface area contributed by atoms with Crippen molar-refractivity contribution >= 4 is 5.91 Å². The lowest BCUT2D eigenvalue weighted by Crippen LogP contribution is -2.49. The Hall–Kier alpha value is -1.50. The Morgan fingerprint density at radius 3 is 2.92 bits per heavy atom. The Balaban J connectivity index is 1.32. The van der Waals surface area contributed by atoms with Gasteiger partial charge in [0.2, 0.25) is 0 Å². The number of fused-ring (bicyclic) bond motifs is 1. The number of ether oxygens (including phenoxy) is 2. The van der Waals surface area contributed by atoms with Gasteiger partial charge in [-0.05, 0) is 50.3 Å². The molecule has 0 N–H and O–H groups in total. The van der Waals surface area contributed by atoms with Gasteiger partial charge in [0, 0.05) is 39.0 Å². The summed E-state index contributed by atoms with van der Waals surface area (Å²) in [5.41, 5.74) is 0.907. The summed E-state index contributed by atoms with van der Waals surface area (Å²) < 4.78 is 11.7. The first-order valence-electron chi connectivity index (χ1n) is 9.83. The first-order chi connectivity index (χ1) is 12.7. The van der Waals surface area contributed by atoms with Crippen LogP contribution < -0.4 is 0 Å². The van der Waals surface area contributed by atoms with E-state index in [2.05, 4.69) is 9.88 Å². The molecule has 142 valence electrons. The topological polar surface area (TPSA) is 54.9 Å². The average Bonchev–Trinajstić information content (AvgIpc) is 3.12. The Kier molecular flexibility index (Phi) is 5.52. The second-order valence-electron chi connectivity index (χ2n) is 7.80. The average molecular weight is 359 g/mol. The molecule has 4 rings (SSSR count). The van der Waals surface area contributed by atoms with Crippen LogP contribution in [0.3, 0.4) is 0 Å². The van der Waals surface area contributed by atoms with Gasteiger partial charge in [-0.1, -0.05) is 6.07 Å². The second-order valence-corrected chi connectivity index (χ2v) is 7.80. The second kappa shape index (κ2) is 8.03. The number of carbonyl (C=O) groups is 1. The molecule has 3 atom stereocenters. The van der Waals surface area contributed by atoms with Crippen molar-refractivity contribution in [1.29, 1.82) is 0 Å². The highest BCUT2D eigenvalue weighted by molar-refractivity contribution is 5.81. The number of rotatable bonds is 4. The van der Waals surface area contributed by atoms with Crippen LogP contribution in [0.1, 0.15) is 31.4 Å². The van der Waals surface area contributed by atoms with Crippen LogP contribution in [0.4, 0.5) is 0 Å². The molecule has 0 saturated carbocycles. The summed E-state index contributed by atoms with van der Waals surface area (Å²) >= 11 is 0. The van der Waals surface area contributed by atoms with E-state index < -0.39 is 0 Å². The van der Waals surface area contributed by atoms with Crippen LogP contribution in [-0.4, -0.2) is 72.3 Å². The molecule has 0 spiro atoms. The van der Waals surface area contributed by atoms with Crippen LogP contribution in [0.25, 0.3) is 0 Å². The maximum Gasteiger partial charge on any atom is 0.251 e. The zero-order valence-electron chi connectivity index (χ0n) is 15.5. The van der Waals surface area contributed by atoms with E-state index in [0.717, 1.165) is 57.7 Å². The predicted octanol–water partition coefficient (Wildman–Crippen LogP) is 1.70. The molecule has 1 aromatic rings. The van der Waals surface area contributed by atoms with Gasteiger partial charge >= 0.3 is 0 Å². The van der Waals surface area contributed by atoms with Gasteiger partial charge in [-0.2, -0.15) is 0 Å². The quantitative estimate of drug-likeness (QED) is 0.819. The number of nitrogens with zero attached hydrogens (tertiary/aromatic N) is 3. The molecule has 6 heteroatoms. The molecule has 3 fully saturated rings. The van der Waals surface area contributed by atoms with Gasteiger partial charge in [0.25, 0.3) is 5.91 Å². The summed E-state index contributed by atoms with van der Waals surface area (Å²) in [6, 6.07) is 6.41. The smallest absolute Gasteiger partial charge is 0.251 e. The third-order valence-electron chi connectivity index (χ3n) is 6.07. The molecule has 4 heterocycles. The Bertz CT molecular complexity index is 606. The van der Waals surface area contributed by atoms with Crippen molar-refractivity contribution in [2.75, 3.05) is 33.4 Å². The molecule has 3 aliphatic rings. The van der Waals surface area contributed by atoms with E-state index in [1.807, 2.05) is 25.2 Å². The molecule has 0 radical (unpaired) electrons.